The molecule has 0 unspecified atom stereocenters. The lowest BCUT2D eigenvalue weighted by Crippen LogP contribution is -2.48. The first kappa shape index (κ1) is 17.8. The van der Waals surface area contributed by atoms with Gasteiger partial charge >= 0.3 is 5.97 Å². The SMILES string of the molecule is CCOC(=O)[C@@H]1CS[C@@H](c2ccco2)N1C(=S)NCc1ccccc1. The van der Waals surface area contributed by atoms with Gasteiger partial charge in [-0.2, -0.15) is 0 Å². The number of thiocarbonyl (C=S) groups is 1. The van der Waals surface area contributed by atoms with Gasteiger partial charge < -0.3 is 19.4 Å². The van der Waals surface area contributed by atoms with Crippen LogP contribution in [-0.2, 0) is 16.1 Å². The van der Waals surface area contributed by atoms with Crippen LogP contribution in [0.1, 0.15) is 23.6 Å². The van der Waals surface area contributed by atoms with Crippen molar-refractivity contribution in [1.82, 2.24) is 10.2 Å². The highest BCUT2D eigenvalue weighted by Gasteiger charge is 2.42. The number of esters is 1. The lowest BCUT2D eigenvalue weighted by molar-refractivity contribution is -0.147. The predicted octanol–water partition coefficient (Wildman–Crippen LogP) is 3.33. The van der Waals surface area contributed by atoms with Gasteiger partial charge in [-0.1, -0.05) is 30.3 Å². The number of hydrogen-bond donors (Lipinski definition) is 1. The molecule has 132 valence electrons. The average Bonchev–Trinajstić information content (AvgIpc) is 3.29. The lowest BCUT2D eigenvalue weighted by Gasteiger charge is -2.29. The molecule has 7 heteroatoms. The van der Waals surface area contributed by atoms with Crippen LogP contribution in [0.4, 0.5) is 0 Å². The van der Waals surface area contributed by atoms with Crippen molar-refractivity contribution in [3.05, 3.63) is 60.1 Å². The van der Waals surface area contributed by atoms with Gasteiger partial charge in [0.1, 0.15) is 17.2 Å². The summed E-state index contributed by atoms with van der Waals surface area (Å²) in [5.74, 6) is 1.13. The van der Waals surface area contributed by atoms with Crippen LogP contribution in [0.15, 0.2) is 53.1 Å². The van der Waals surface area contributed by atoms with Crippen LogP contribution in [0.3, 0.4) is 0 Å². The van der Waals surface area contributed by atoms with Crippen molar-refractivity contribution < 1.29 is 13.9 Å². The topological polar surface area (TPSA) is 54.7 Å². The fraction of sp³-hybridized carbons (Fsp3) is 0.333. The number of nitrogens with one attached hydrogen (secondary N) is 1. The molecule has 1 aliphatic rings. The zero-order valence-electron chi connectivity index (χ0n) is 13.9. The Balaban J connectivity index is 1.75. The molecule has 0 spiro atoms. The van der Waals surface area contributed by atoms with E-state index in [1.807, 2.05) is 47.4 Å². The number of rotatable bonds is 5. The maximum absolute atomic E-state index is 12.4. The van der Waals surface area contributed by atoms with Gasteiger partial charge in [0.2, 0.25) is 0 Å². The first-order valence-corrected chi connectivity index (χ1v) is 9.58. The first-order valence-electron chi connectivity index (χ1n) is 8.12. The monoisotopic (exact) mass is 376 g/mol. The van der Waals surface area contributed by atoms with Crippen LogP contribution in [0.5, 0.6) is 0 Å². The molecule has 0 amide bonds. The molecule has 1 aromatic heterocycles. The Morgan fingerprint density at radius 2 is 2.16 bits per heavy atom. The van der Waals surface area contributed by atoms with Crippen LogP contribution >= 0.6 is 24.0 Å². The minimum Gasteiger partial charge on any atom is -0.466 e. The molecule has 1 aromatic carbocycles. The predicted molar refractivity (Wildman–Crippen MR) is 102 cm³/mol. The van der Waals surface area contributed by atoms with Crippen LogP contribution in [0.2, 0.25) is 0 Å². The van der Waals surface area contributed by atoms with Crippen LogP contribution < -0.4 is 5.32 Å². The number of carbonyl (C=O) groups is 1. The molecule has 1 aliphatic heterocycles. The molecule has 3 rings (SSSR count). The fourth-order valence-electron chi connectivity index (χ4n) is 2.69. The van der Waals surface area contributed by atoms with E-state index in [1.54, 1.807) is 24.9 Å². The highest BCUT2D eigenvalue weighted by atomic mass is 32.2. The number of thioether (sulfide) groups is 1. The Bertz CT molecular complexity index is 706. The normalized spacial score (nSPS) is 19.6. The number of carbonyl (C=O) groups excluding carboxylic acids is 1. The van der Waals surface area contributed by atoms with Gasteiger partial charge in [-0.15, -0.1) is 11.8 Å². The molecule has 0 saturated carbocycles. The summed E-state index contributed by atoms with van der Waals surface area (Å²) in [4.78, 5) is 14.2. The first-order chi connectivity index (χ1) is 12.2. The average molecular weight is 377 g/mol. The molecule has 1 N–H and O–H groups in total. The molecule has 0 bridgehead atoms. The molecular weight excluding hydrogens is 356 g/mol. The number of benzene rings is 1. The van der Waals surface area contributed by atoms with E-state index in [1.165, 1.54) is 0 Å². The zero-order valence-corrected chi connectivity index (χ0v) is 15.5. The Labute approximate surface area is 156 Å². The lowest BCUT2D eigenvalue weighted by atomic mass is 10.2. The largest absolute Gasteiger partial charge is 0.466 e. The molecule has 2 heterocycles. The summed E-state index contributed by atoms with van der Waals surface area (Å²) in [5.41, 5.74) is 1.12. The van der Waals surface area contributed by atoms with E-state index >= 15 is 0 Å². The van der Waals surface area contributed by atoms with Crippen molar-refractivity contribution in [2.75, 3.05) is 12.4 Å². The summed E-state index contributed by atoms with van der Waals surface area (Å²) < 4.78 is 10.8. The van der Waals surface area contributed by atoms with E-state index in [0.717, 1.165) is 11.3 Å². The van der Waals surface area contributed by atoms with Crippen molar-refractivity contribution in [3.63, 3.8) is 0 Å². The molecule has 25 heavy (non-hydrogen) atoms. The van der Waals surface area contributed by atoms with E-state index in [0.29, 0.717) is 24.0 Å². The summed E-state index contributed by atoms with van der Waals surface area (Å²) in [5, 5.41) is 3.64. The van der Waals surface area contributed by atoms with E-state index in [9.17, 15) is 4.79 Å². The van der Waals surface area contributed by atoms with Gasteiger partial charge in [0.05, 0.1) is 12.9 Å². The second-order valence-corrected chi connectivity index (χ2v) is 7.02. The number of furan rings is 1. The Kier molecular flexibility index (Phi) is 5.99. The quantitative estimate of drug-likeness (QED) is 0.634. The minimum atomic E-state index is -0.421. The Morgan fingerprint density at radius 3 is 2.84 bits per heavy atom. The maximum atomic E-state index is 12.4. The van der Waals surface area contributed by atoms with Crippen LogP contribution in [0.25, 0.3) is 0 Å². The highest BCUT2D eigenvalue weighted by Crippen LogP contribution is 2.41. The van der Waals surface area contributed by atoms with Crippen molar-refractivity contribution in [2.24, 2.45) is 0 Å². The summed E-state index contributed by atoms with van der Waals surface area (Å²) in [6.07, 6.45) is 1.63. The maximum Gasteiger partial charge on any atom is 0.329 e. The highest BCUT2D eigenvalue weighted by molar-refractivity contribution is 7.99. The molecular formula is C18H20N2O3S2. The second-order valence-electron chi connectivity index (χ2n) is 5.52. The van der Waals surface area contributed by atoms with E-state index in [4.69, 9.17) is 21.4 Å². The van der Waals surface area contributed by atoms with Crippen molar-refractivity contribution in [1.29, 1.82) is 0 Å². The number of ether oxygens (including phenoxy) is 1. The smallest absolute Gasteiger partial charge is 0.329 e. The molecule has 0 aliphatic carbocycles. The molecule has 5 nitrogen and oxygen atoms in total. The zero-order chi connectivity index (χ0) is 17.6. The second kappa shape index (κ2) is 8.40. The molecule has 2 aromatic rings. The van der Waals surface area contributed by atoms with Gasteiger partial charge in [-0.05, 0) is 36.8 Å². The van der Waals surface area contributed by atoms with Crippen LogP contribution in [-0.4, -0.2) is 34.4 Å². The molecule has 2 atom stereocenters. The summed E-state index contributed by atoms with van der Waals surface area (Å²) in [6.45, 7) is 2.76. The van der Waals surface area contributed by atoms with Crippen molar-refractivity contribution in [2.45, 2.75) is 24.9 Å². The van der Waals surface area contributed by atoms with Gasteiger partial charge in [0.25, 0.3) is 0 Å². The van der Waals surface area contributed by atoms with Gasteiger partial charge in [-0.3, -0.25) is 0 Å². The third-order valence-electron chi connectivity index (χ3n) is 3.87. The third kappa shape index (κ3) is 4.16. The standard InChI is InChI=1S/C18H20N2O3S2/c1-2-22-17(21)14-12-25-16(15-9-6-10-23-15)20(14)18(24)19-11-13-7-4-3-5-8-13/h3-10,14,16H,2,11-12H2,1H3,(H,19,24)/t14-,16-/m0/s1. The summed E-state index contributed by atoms with van der Waals surface area (Å²) in [6, 6.07) is 13.3. The van der Waals surface area contributed by atoms with E-state index < -0.39 is 6.04 Å². The van der Waals surface area contributed by atoms with Crippen molar-refractivity contribution in [3.8, 4) is 0 Å². The third-order valence-corrected chi connectivity index (χ3v) is 5.51. The fourth-order valence-corrected chi connectivity index (χ4v) is 4.43. The van der Waals surface area contributed by atoms with Gasteiger partial charge in [-0.25, -0.2) is 4.79 Å². The Hall–Kier alpha value is -1.99. The van der Waals surface area contributed by atoms with Crippen LogP contribution in [0, 0.1) is 0 Å². The van der Waals surface area contributed by atoms with Gasteiger partial charge in [0, 0.05) is 12.3 Å². The Morgan fingerprint density at radius 1 is 1.36 bits per heavy atom. The molecule has 0 radical (unpaired) electrons. The number of hydrogen-bond acceptors (Lipinski definition) is 5. The molecule has 1 saturated heterocycles. The van der Waals surface area contributed by atoms with E-state index in [-0.39, 0.29) is 11.3 Å². The van der Waals surface area contributed by atoms with Gasteiger partial charge in [0.15, 0.2) is 5.11 Å². The summed E-state index contributed by atoms with van der Waals surface area (Å²) in [7, 11) is 0. The molecule has 1 fully saturated rings. The summed E-state index contributed by atoms with van der Waals surface area (Å²) >= 11 is 7.22. The van der Waals surface area contributed by atoms with E-state index in [2.05, 4.69) is 5.32 Å². The number of nitrogens with zero attached hydrogens (tertiary/aromatic N) is 1. The van der Waals surface area contributed by atoms with Crippen molar-refractivity contribution >= 4 is 35.1 Å². The minimum absolute atomic E-state index is 0.139.